The molecule has 2 rings (SSSR count). The van der Waals surface area contributed by atoms with Crippen LogP contribution in [-0.4, -0.2) is 17.4 Å². The lowest BCUT2D eigenvalue weighted by atomic mass is 9.91. The molecule has 3 nitrogen and oxygen atoms in total. The maximum atomic E-state index is 11.0. The van der Waals surface area contributed by atoms with Gasteiger partial charge in [-0.1, -0.05) is 60.7 Å². The summed E-state index contributed by atoms with van der Waals surface area (Å²) in [6.07, 6.45) is -1.19. The molecule has 1 atom stereocenters. The molecule has 19 heavy (non-hydrogen) atoms. The first-order chi connectivity index (χ1) is 9.18. The zero-order valence-corrected chi connectivity index (χ0v) is 10.7. The lowest BCUT2D eigenvalue weighted by Crippen LogP contribution is -2.25. The molecule has 98 valence electrons. The molecule has 0 radical (unpaired) electrons. The van der Waals surface area contributed by atoms with E-state index in [4.69, 9.17) is 4.74 Å². The highest BCUT2D eigenvalue weighted by molar-refractivity contribution is 5.66. The van der Waals surface area contributed by atoms with E-state index < -0.39 is 12.3 Å². The van der Waals surface area contributed by atoms with E-state index in [1.165, 1.54) is 6.92 Å². The highest BCUT2D eigenvalue weighted by Gasteiger charge is 2.25. The molecule has 0 aliphatic carbocycles. The van der Waals surface area contributed by atoms with Crippen molar-refractivity contribution >= 4 is 5.97 Å². The summed E-state index contributed by atoms with van der Waals surface area (Å²) >= 11 is 0. The average Bonchev–Trinajstić information content (AvgIpc) is 2.40. The summed E-state index contributed by atoms with van der Waals surface area (Å²) in [7, 11) is 0. The predicted molar refractivity (Wildman–Crippen MR) is 72.5 cm³/mol. The lowest BCUT2D eigenvalue weighted by molar-refractivity contribution is -0.167. The molecule has 0 aromatic heterocycles. The van der Waals surface area contributed by atoms with Crippen molar-refractivity contribution < 1.29 is 14.6 Å². The van der Waals surface area contributed by atoms with Gasteiger partial charge in [0.2, 0.25) is 6.29 Å². The Kier molecular flexibility index (Phi) is 4.31. The fraction of sp³-hybridized carbons (Fsp3) is 0.188. The van der Waals surface area contributed by atoms with Crippen molar-refractivity contribution in [1.29, 1.82) is 0 Å². The van der Waals surface area contributed by atoms with Crippen LogP contribution < -0.4 is 0 Å². The number of hydrogen-bond donors (Lipinski definition) is 1. The molecule has 0 amide bonds. The zero-order chi connectivity index (χ0) is 13.7. The van der Waals surface area contributed by atoms with Crippen molar-refractivity contribution in [3.8, 4) is 0 Å². The summed E-state index contributed by atoms with van der Waals surface area (Å²) < 4.78 is 4.94. The summed E-state index contributed by atoms with van der Waals surface area (Å²) in [6.45, 7) is 1.29. The molecule has 0 aliphatic rings. The first-order valence-corrected chi connectivity index (χ1v) is 6.13. The average molecular weight is 256 g/mol. The van der Waals surface area contributed by atoms with Crippen molar-refractivity contribution in [2.45, 2.75) is 19.1 Å². The Morgan fingerprint density at radius 3 is 1.74 bits per heavy atom. The van der Waals surface area contributed by atoms with E-state index in [2.05, 4.69) is 0 Å². The number of aliphatic hydroxyl groups is 1. The number of carbonyl (C=O) groups is 1. The van der Waals surface area contributed by atoms with E-state index in [9.17, 15) is 9.90 Å². The van der Waals surface area contributed by atoms with Crippen LogP contribution in [0.3, 0.4) is 0 Å². The summed E-state index contributed by atoms with van der Waals surface area (Å²) in [4.78, 5) is 11.0. The van der Waals surface area contributed by atoms with E-state index in [-0.39, 0.29) is 5.92 Å². The van der Waals surface area contributed by atoms with Crippen molar-refractivity contribution in [2.24, 2.45) is 0 Å². The number of carbonyl (C=O) groups excluding carboxylic acids is 1. The van der Waals surface area contributed by atoms with E-state index in [1.807, 2.05) is 60.7 Å². The van der Waals surface area contributed by atoms with Gasteiger partial charge in [0.05, 0.1) is 5.92 Å². The molecule has 2 aromatic carbocycles. The zero-order valence-electron chi connectivity index (χ0n) is 10.7. The van der Waals surface area contributed by atoms with Crippen LogP contribution in [-0.2, 0) is 9.53 Å². The highest BCUT2D eigenvalue weighted by Crippen LogP contribution is 2.28. The van der Waals surface area contributed by atoms with Crippen molar-refractivity contribution in [1.82, 2.24) is 0 Å². The topological polar surface area (TPSA) is 46.5 Å². The van der Waals surface area contributed by atoms with Gasteiger partial charge in [0.1, 0.15) is 0 Å². The number of ether oxygens (including phenoxy) is 1. The van der Waals surface area contributed by atoms with Crippen LogP contribution in [0.15, 0.2) is 60.7 Å². The Balaban J connectivity index is 2.37. The molecule has 1 N–H and O–H groups in total. The molecular weight excluding hydrogens is 240 g/mol. The monoisotopic (exact) mass is 256 g/mol. The summed E-state index contributed by atoms with van der Waals surface area (Å²) in [5.41, 5.74) is 1.81. The molecule has 0 heterocycles. The van der Waals surface area contributed by atoms with Gasteiger partial charge >= 0.3 is 5.97 Å². The Labute approximate surface area is 112 Å². The standard InChI is InChI=1S/C16H16O3/c1-12(17)19-16(18)15(13-8-4-2-5-9-13)14-10-6-3-7-11-14/h2-11,15-16,18H,1H3. The number of rotatable bonds is 4. The number of hydrogen-bond acceptors (Lipinski definition) is 3. The summed E-state index contributed by atoms with van der Waals surface area (Å²) in [6, 6.07) is 19.0. The fourth-order valence-corrected chi connectivity index (χ4v) is 2.08. The third-order valence-electron chi connectivity index (χ3n) is 2.89. The second-order valence-electron chi connectivity index (χ2n) is 4.30. The second-order valence-corrected chi connectivity index (χ2v) is 4.30. The lowest BCUT2D eigenvalue weighted by Gasteiger charge is -2.23. The molecule has 0 spiro atoms. The molecule has 3 heteroatoms. The van der Waals surface area contributed by atoms with Gasteiger partial charge in [0.25, 0.3) is 0 Å². The van der Waals surface area contributed by atoms with Crippen LogP contribution in [0.1, 0.15) is 24.0 Å². The van der Waals surface area contributed by atoms with Gasteiger partial charge in [-0.3, -0.25) is 4.79 Å². The molecule has 0 bridgehead atoms. The van der Waals surface area contributed by atoms with Crippen LogP contribution in [0.25, 0.3) is 0 Å². The first-order valence-electron chi connectivity index (χ1n) is 6.13. The van der Waals surface area contributed by atoms with Crippen LogP contribution in [0.4, 0.5) is 0 Å². The molecule has 0 aliphatic heterocycles. The van der Waals surface area contributed by atoms with E-state index in [0.29, 0.717) is 0 Å². The minimum Gasteiger partial charge on any atom is -0.435 e. The van der Waals surface area contributed by atoms with E-state index in [0.717, 1.165) is 11.1 Å². The Hall–Kier alpha value is -2.13. The molecule has 0 fully saturated rings. The van der Waals surface area contributed by atoms with Gasteiger partial charge in [-0.15, -0.1) is 0 Å². The highest BCUT2D eigenvalue weighted by atomic mass is 16.6. The molecule has 0 saturated heterocycles. The fourth-order valence-electron chi connectivity index (χ4n) is 2.08. The van der Waals surface area contributed by atoms with Gasteiger partial charge in [0, 0.05) is 6.92 Å². The summed E-state index contributed by atoms with van der Waals surface area (Å²) in [5, 5.41) is 10.1. The van der Waals surface area contributed by atoms with E-state index in [1.54, 1.807) is 0 Å². The van der Waals surface area contributed by atoms with Crippen molar-refractivity contribution in [2.75, 3.05) is 0 Å². The van der Waals surface area contributed by atoms with Crippen molar-refractivity contribution in [3.05, 3.63) is 71.8 Å². The predicted octanol–water partition coefficient (Wildman–Crippen LogP) is 2.70. The van der Waals surface area contributed by atoms with Crippen LogP contribution in [0, 0.1) is 0 Å². The normalized spacial score (nSPS) is 12.2. The van der Waals surface area contributed by atoms with Gasteiger partial charge in [0.15, 0.2) is 0 Å². The van der Waals surface area contributed by atoms with Crippen LogP contribution >= 0.6 is 0 Å². The molecular formula is C16H16O3. The second kappa shape index (κ2) is 6.16. The largest absolute Gasteiger partial charge is 0.435 e. The Bertz CT molecular complexity index is 483. The van der Waals surface area contributed by atoms with Crippen LogP contribution in [0.5, 0.6) is 0 Å². The Morgan fingerprint density at radius 1 is 0.947 bits per heavy atom. The SMILES string of the molecule is CC(=O)OC(O)C(c1ccccc1)c1ccccc1. The molecule has 2 aromatic rings. The van der Waals surface area contributed by atoms with Gasteiger partial charge < -0.3 is 9.84 Å². The third kappa shape index (κ3) is 3.42. The maximum Gasteiger partial charge on any atom is 0.304 e. The third-order valence-corrected chi connectivity index (χ3v) is 2.89. The van der Waals surface area contributed by atoms with E-state index >= 15 is 0 Å². The maximum absolute atomic E-state index is 11.0. The van der Waals surface area contributed by atoms with Gasteiger partial charge in [-0.25, -0.2) is 0 Å². The van der Waals surface area contributed by atoms with Crippen LogP contribution in [0.2, 0.25) is 0 Å². The quantitative estimate of drug-likeness (QED) is 0.675. The first kappa shape index (κ1) is 13.3. The summed E-state index contributed by atoms with van der Waals surface area (Å²) in [5.74, 6) is -0.879. The number of benzene rings is 2. The number of aliphatic hydroxyl groups excluding tert-OH is 1. The van der Waals surface area contributed by atoms with Gasteiger partial charge in [-0.2, -0.15) is 0 Å². The number of esters is 1. The minimum absolute atomic E-state index is 0.383. The van der Waals surface area contributed by atoms with Crippen molar-refractivity contribution in [3.63, 3.8) is 0 Å². The smallest absolute Gasteiger partial charge is 0.304 e. The minimum atomic E-state index is -1.19. The molecule has 0 saturated carbocycles. The van der Waals surface area contributed by atoms with Gasteiger partial charge in [-0.05, 0) is 11.1 Å². The molecule has 1 unspecified atom stereocenters. The Morgan fingerprint density at radius 2 is 1.37 bits per heavy atom.